The van der Waals surface area contributed by atoms with E-state index in [9.17, 15) is 4.39 Å². The maximum atomic E-state index is 13.8. The van der Waals surface area contributed by atoms with Crippen molar-refractivity contribution in [2.45, 2.75) is 12.5 Å². The standard InChI is InChI=1S/C13H14FN3/c14-12-7-11(17-10-3-5-15-8-10)6-9-2-1-4-16-13(9)12/h1-2,4,6-7,10,15,17H,3,5,8H2/t10-/m1/s1. The van der Waals surface area contributed by atoms with Crippen LogP contribution < -0.4 is 10.6 Å². The molecule has 1 saturated heterocycles. The van der Waals surface area contributed by atoms with E-state index in [1.807, 2.05) is 18.2 Å². The van der Waals surface area contributed by atoms with E-state index in [1.165, 1.54) is 6.07 Å². The number of nitrogens with zero attached hydrogens (tertiary/aromatic N) is 1. The molecule has 0 amide bonds. The highest BCUT2D eigenvalue weighted by Crippen LogP contribution is 2.22. The lowest BCUT2D eigenvalue weighted by Crippen LogP contribution is -2.22. The van der Waals surface area contributed by atoms with E-state index in [-0.39, 0.29) is 5.82 Å². The highest BCUT2D eigenvalue weighted by Gasteiger charge is 2.14. The maximum absolute atomic E-state index is 13.8. The molecule has 2 aromatic rings. The van der Waals surface area contributed by atoms with Crippen LogP contribution in [0.3, 0.4) is 0 Å². The van der Waals surface area contributed by atoms with Gasteiger partial charge in [0.1, 0.15) is 5.52 Å². The molecular formula is C13H14FN3. The Morgan fingerprint density at radius 1 is 1.41 bits per heavy atom. The Kier molecular flexibility index (Phi) is 2.65. The zero-order valence-electron chi connectivity index (χ0n) is 9.41. The van der Waals surface area contributed by atoms with E-state index in [1.54, 1.807) is 6.20 Å². The van der Waals surface area contributed by atoms with Gasteiger partial charge in [0.2, 0.25) is 0 Å². The molecule has 1 fully saturated rings. The highest BCUT2D eigenvalue weighted by atomic mass is 19.1. The van der Waals surface area contributed by atoms with Gasteiger partial charge in [-0.25, -0.2) is 4.39 Å². The average molecular weight is 231 g/mol. The largest absolute Gasteiger partial charge is 0.381 e. The predicted molar refractivity (Wildman–Crippen MR) is 66.6 cm³/mol. The molecular weight excluding hydrogens is 217 g/mol. The van der Waals surface area contributed by atoms with Crippen LogP contribution in [0.1, 0.15) is 6.42 Å². The van der Waals surface area contributed by atoms with Crippen molar-refractivity contribution in [3.63, 3.8) is 0 Å². The minimum absolute atomic E-state index is 0.267. The third-order valence-electron chi connectivity index (χ3n) is 3.09. The molecule has 0 radical (unpaired) electrons. The maximum Gasteiger partial charge on any atom is 0.151 e. The van der Waals surface area contributed by atoms with E-state index in [0.29, 0.717) is 11.6 Å². The average Bonchev–Trinajstić information content (AvgIpc) is 2.82. The van der Waals surface area contributed by atoms with Crippen molar-refractivity contribution in [3.8, 4) is 0 Å². The molecule has 1 atom stereocenters. The van der Waals surface area contributed by atoms with Crippen molar-refractivity contribution >= 4 is 16.6 Å². The normalized spacial score (nSPS) is 19.7. The lowest BCUT2D eigenvalue weighted by atomic mass is 10.1. The topological polar surface area (TPSA) is 37.0 Å². The van der Waals surface area contributed by atoms with Gasteiger partial charge in [-0.05, 0) is 31.2 Å². The van der Waals surface area contributed by atoms with Crippen LogP contribution in [0, 0.1) is 5.82 Å². The van der Waals surface area contributed by atoms with Gasteiger partial charge in [-0.3, -0.25) is 4.98 Å². The van der Waals surface area contributed by atoms with Gasteiger partial charge >= 0.3 is 0 Å². The Labute approximate surface area is 99.1 Å². The first-order chi connectivity index (χ1) is 8.33. The summed E-state index contributed by atoms with van der Waals surface area (Å²) < 4.78 is 13.8. The number of rotatable bonds is 2. The Morgan fingerprint density at radius 3 is 3.18 bits per heavy atom. The molecule has 4 heteroatoms. The molecule has 3 nitrogen and oxygen atoms in total. The molecule has 3 rings (SSSR count). The monoisotopic (exact) mass is 231 g/mol. The zero-order valence-corrected chi connectivity index (χ0v) is 9.41. The van der Waals surface area contributed by atoms with Crippen molar-refractivity contribution in [2.24, 2.45) is 0 Å². The Morgan fingerprint density at radius 2 is 2.35 bits per heavy atom. The summed E-state index contributed by atoms with van der Waals surface area (Å²) in [5.74, 6) is -0.267. The SMILES string of the molecule is Fc1cc(N[C@@H]2CCNC2)cc2cccnc12. The van der Waals surface area contributed by atoms with Gasteiger partial charge < -0.3 is 10.6 Å². The summed E-state index contributed by atoms with van der Waals surface area (Å²) in [7, 11) is 0. The highest BCUT2D eigenvalue weighted by molar-refractivity contribution is 5.82. The molecule has 2 heterocycles. The molecule has 0 aliphatic carbocycles. The Balaban J connectivity index is 1.94. The Hall–Kier alpha value is -1.68. The molecule has 0 saturated carbocycles. The fourth-order valence-corrected chi connectivity index (χ4v) is 2.24. The van der Waals surface area contributed by atoms with Crippen LogP contribution in [0.2, 0.25) is 0 Å². The summed E-state index contributed by atoms with van der Waals surface area (Å²) in [6.07, 6.45) is 2.69. The first-order valence-electron chi connectivity index (χ1n) is 5.84. The molecule has 1 aromatic heterocycles. The molecule has 1 aromatic carbocycles. The minimum atomic E-state index is -0.267. The first-order valence-corrected chi connectivity index (χ1v) is 5.84. The number of hydrogen-bond donors (Lipinski definition) is 2. The van der Waals surface area contributed by atoms with Gasteiger partial charge in [-0.1, -0.05) is 6.07 Å². The van der Waals surface area contributed by atoms with Crippen LogP contribution in [0.4, 0.5) is 10.1 Å². The number of benzene rings is 1. The summed E-state index contributed by atoms with van der Waals surface area (Å²) >= 11 is 0. The number of halogens is 1. The second-order valence-electron chi connectivity index (χ2n) is 4.37. The molecule has 1 aliphatic rings. The van der Waals surface area contributed by atoms with E-state index in [4.69, 9.17) is 0 Å². The summed E-state index contributed by atoms with van der Waals surface area (Å²) in [4.78, 5) is 4.04. The summed E-state index contributed by atoms with van der Waals surface area (Å²) in [6, 6.07) is 7.56. The smallest absolute Gasteiger partial charge is 0.151 e. The second kappa shape index (κ2) is 4.30. The molecule has 88 valence electrons. The number of fused-ring (bicyclic) bond motifs is 1. The second-order valence-corrected chi connectivity index (χ2v) is 4.37. The van der Waals surface area contributed by atoms with E-state index < -0.39 is 0 Å². The number of anilines is 1. The van der Waals surface area contributed by atoms with Crippen LogP contribution in [-0.2, 0) is 0 Å². The Bertz CT molecular complexity index is 535. The van der Waals surface area contributed by atoms with Crippen molar-refractivity contribution in [2.75, 3.05) is 18.4 Å². The molecule has 0 spiro atoms. The van der Waals surface area contributed by atoms with Crippen molar-refractivity contribution in [3.05, 3.63) is 36.3 Å². The fraction of sp³-hybridized carbons (Fsp3) is 0.308. The molecule has 0 unspecified atom stereocenters. The zero-order chi connectivity index (χ0) is 11.7. The van der Waals surface area contributed by atoms with Crippen LogP contribution in [-0.4, -0.2) is 24.1 Å². The summed E-state index contributed by atoms with van der Waals surface area (Å²) in [6.45, 7) is 1.96. The first kappa shape index (κ1) is 10.5. The van der Waals surface area contributed by atoms with Gasteiger partial charge in [-0.15, -0.1) is 0 Å². The van der Waals surface area contributed by atoms with Crippen molar-refractivity contribution in [1.29, 1.82) is 0 Å². The minimum Gasteiger partial charge on any atom is -0.381 e. The van der Waals surface area contributed by atoms with Gasteiger partial charge in [-0.2, -0.15) is 0 Å². The molecule has 17 heavy (non-hydrogen) atoms. The van der Waals surface area contributed by atoms with Gasteiger partial charge in [0, 0.05) is 29.9 Å². The lowest BCUT2D eigenvalue weighted by molar-refractivity contribution is 0.636. The lowest BCUT2D eigenvalue weighted by Gasteiger charge is -2.13. The third-order valence-corrected chi connectivity index (χ3v) is 3.09. The van der Waals surface area contributed by atoms with E-state index >= 15 is 0 Å². The summed E-state index contributed by atoms with van der Waals surface area (Å²) in [5.41, 5.74) is 1.26. The van der Waals surface area contributed by atoms with E-state index in [2.05, 4.69) is 15.6 Å². The molecule has 0 bridgehead atoms. The fourth-order valence-electron chi connectivity index (χ4n) is 2.24. The number of pyridine rings is 1. The predicted octanol–water partition coefficient (Wildman–Crippen LogP) is 2.15. The quantitative estimate of drug-likeness (QED) is 0.831. The molecule has 1 aliphatic heterocycles. The van der Waals surface area contributed by atoms with Crippen LogP contribution in [0.25, 0.3) is 10.9 Å². The number of hydrogen-bond acceptors (Lipinski definition) is 3. The summed E-state index contributed by atoms with van der Waals surface area (Å²) in [5, 5.41) is 7.45. The van der Waals surface area contributed by atoms with Gasteiger partial charge in [0.15, 0.2) is 5.82 Å². The van der Waals surface area contributed by atoms with Gasteiger partial charge in [0.25, 0.3) is 0 Å². The van der Waals surface area contributed by atoms with Crippen molar-refractivity contribution in [1.82, 2.24) is 10.3 Å². The van der Waals surface area contributed by atoms with Crippen LogP contribution >= 0.6 is 0 Å². The molecule has 2 N–H and O–H groups in total. The number of aromatic nitrogens is 1. The van der Waals surface area contributed by atoms with E-state index in [0.717, 1.165) is 30.6 Å². The third kappa shape index (κ3) is 2.08. The van der Waals surface area contributed by atoms with Crippen LogP contribution in [0.5, 0.6) is 0 Å². The number of nitrogens with one attached hydrogen (secondary N) is 2. The van der Waals surface area contributed by atoms with Crippen molar-refractivity contribution < 1.29 is 4.39 Å². The van der Waals surface area contributed by atoms with Crippen LogP contribution in [0.15, 0.2) is 30.5 Å². The van der Waals surface area contributed by atoms with Gasteiger partial charge in [0.05, 0.1) is 0 Å².